The number of para-hydroxylation sites is 1. The first kappa shape index (κ1) is 20.9. The second-order valence-corrected chi connectivity index (χ2v) is 10.7. The number of carbonyl (C=O) groups excluding carboxylic acids is 1. The summed E-state index contributed by atoms with van der Waals surface area (Å²) in [6, 6.07) is 23.1. The number of hydrogen-bond donors (Lipinski definition) is 0. The Morgan fingerprint density at radius 2 is 1.64 bits per heavy atom. The van der Waals surface area contributed by atoms with E-state index in [1.807, 2.05) is 17.0 Å². The van der Waals surface area contributed by atoms with Gasteiger partial charge in [0.2, 0.25) is 0 Å². The fraction of sp³-hybridized carbons (Fsp3) is 0.259. The molecule has 2 heterocycles. The number of aliphatic imine (C=N–C) groups is 1. The highest BCUT2D eigenvalue weighted by Gasteiger charge is 2.42. The van der Waals surface area contributed by atoms with Crippen molar-refractivity contribution in [2.75, 3.05) is 11.9 Å². The van der Waals surface area contributed by atoms with Crippen molar-refractivity contribution in [2.24, 2.45) is 4.99 Å². The molecule has 2 fully saturated rings. The zero-order valence-corrected chi connectivity index (χ0v) is 20.2. The average Bonchev–Trinajstić information content (AvgIpc) is 3.36. The highest BCUT2D eigenvalue weighted by Crippen LogP contribution is 2.50. The van der Waals surface area contributed by atoms with Crippen molar-refractivity contribution in [2.45, 2.75) is 43.0 Å². The second-order valence-electron chi connectivity index (χ2n) is 8.72. The minimum absolute atomic E-state index is 0.105. The van der Waals surface area contributed by atoms with Crippen molar-refractivity contribution in [3.05, 3.63) is 76.7 Å². The van der Waals surface area contributed by atoms with E-state index in [1.165, 1.54) is 35.9 Å². The first-order valence-corrected chi connectivity index (χ1v) is 13.2. The van der Waals surface area contributed by atoms with Gasteiger partial charge in [-0.25, -0.2) is 4.99 Å². The number of benzene rings is 3. The second kappa shape index (κ2) is 8.58. The molecule has 0 aromatic heterocycles. The Labute approximate surface area is 202 Å². The van der Waals surface area contributed by atoms with Gasteiger partial charge in [0.05, 0.1) is 16.4 Å². The molecule has 4 nitrogen and oxygen atoms in total. The Hall–Kier alpha value is -2.70. The van der Waals surface area contributed by atoms with E-state index >= 15 is 0 Å². The maximum absolute atomic E-state index is 13.9. The Kier molecular flexibility index (Phi) is 5.43. The number of fused-ring (bicyclic) bond motifs is 2. The molecule has 6 heteroatoms. The van der Waals surface area contributed by atoms with Gasteiger partial charge in [0.25, 0.3) is 5.91 Å². The van der Waals surface area contributed by atoms with Crippen LogP contribution in [0.5, 0.6) is 0 Å². The molecular weight excluding hydrogens is 446 g/mol. The zero-order chi connectivity index (χ0) is 22.4. The minimum Gasteiger partial charge on any atom is -0.337 e. The van der Waals surface area contributed by atoms with Gasteiger partial charge >= 0.3 is 0 Å². The Bertz CT molecular complexity index is 1300. The van der Waals surface area contributed by atoms with E-state index < -0.39 is 0 Å². The van der Waals surface area contributed by atoms with Crippen molar-refractivity contribution < 1.29 is 4.79 Å². The number of carbonyl (C=O) groups is 1. The van der Waals surface area contributed by atoms with E-state index in [9.17, 15) is 4.79 Å². The molecule has 1 saturated heterocycles. The van der Waals surface area contributed by atoms with Crippen LogP contribution in [-0.4, -0.2) is 29.1 Å². The van der Waals surface area contributed by atoms with Gasteiger partial charge in [0.1, 0.15) is 4.91 Å². The van der Waals surface area contributed by atoms with Crippen LogP contribution in [0.2, 0.25) is 0 Å². The molecule has 1 saturated carbocycles. The molecule has 0 radical (unpaired) electrons. The summed E-state index contributed by atoms with van der Waals surface area (Å²) >= 11 is 3.23. The fourth-order valence-electron chi connectivity index (χ4n) is 4.96. The van der Waals surface area contributed by atoms with Gasteiger partial charge in [-0.05, 0) is 48.2 Å². The molecule has 0 N–H and O–H groups in total. The van der Waals surface area contributed by atoms with Crippen LogP contribution in [0.1, 0.15) is 32.1 Å². The Morgan fingerprint density at radius 1 is 0.879 bits per heavy atom. The number of amidine groups is 1. The van der Waals surface area contributed by atoms with Crippen molar-refractivity contribution >= 4 is 56.7 Å². The quantitative estimate of drug-likeness (QED) is 0.372. The molecule has 0 unspecified atom stereocenters. The summed E-state index contributed by atoms with van der Waals surface area (Å²) in [6.45, 7) is 0. The lowest BCUT2D eigenvalue weighted by Crippen LogP contribution is -2.40. The van der Waals surface area contributed by atoms with Crippen molar-refractivity contribution in [1.82, 2.24) is 4.90 Å². The molecule has 33 heavy (non-hydrogen) atoms. The highest BCUT2D eigenvalue weighted by atomic mass is 32.2. The number of hydrogen-bond acceptors (Lipinski definition) is 5. The molecule has 0 bridgehead atoms. The number of thioether (sulfide) groups is 2. The van der Waals surface area contributed by atoms with Gasteiger partial charge in [-0.15, -0.1) is 0 Å². The molecule has 166 valence electrons. The molecule has 2 aliphatic heterocycles. The van der Waals surface area contributed by atoms with Crippen LogP contribution in [-0.2, 0) is 4.79 Å². The first-order chi connectivity index (χ1) is 16.2. The topological polar surface area (TPSA) is 35.9 Å². The fourth-order valence-corrected chi connectivity index (χ4v) is 7.36. The van der Waals surface area contributed by atoms with Gasteiger partial charge in [0, 0.05) is 23.4 Å². The standard InChI is InChI=1S/C27H25N3OS2/c1-29-22-16-7-8-17-23(22)32-26(29)24-25(31)30(19-12-3-2-4-13-19)27(33-24)28-21-15-9-11-18-10-5-6-14-20(18)21/h5-11,14-17,19H,2-4,12-13H2,1H3. The highest BCUT2D eigenvalue weighted by molar-refractivity contribution is 8.19. The van der Waals surface area contributed by atoms with E-state index in [1.54, 1.807) is 11.8 Å². The molecule has 3 aliphatic rings. The molecule has 3 aromatic carbocycles. The smallest absolute Gasteiger partial charge is 0.269 e. The zero-order valence-electron chi connectivity index (χ0n) is 18.5. The Balaban J connectivity index is 1.46. The van der Waals surface area contributed by atoms with Crippen LogP contribution in [0.15, 0.2) is 86.6 Å². The number of amides is 1. The molecule has 1 aliphatic carbocycles. The normalized spacial score (nSPS) is 22.6. The average molecular weight is 472 g/mol. The molecule has 6 rings (SSSR count). The van der Waals surface area contributed by atoms with E-state index in [0.717, 1.165) is 50.1 Å². The minimum atomic E-state index is 0.105. The van der Waals surface area contributed by atoms with Crippen LogP contribution in [0.4, 0.5) is 11.4 Å². The third-order valence-electron chi connectivity index (χ3n) is 6.67. The molecule has 0 spiro atoms. The SMILES string of the molecule is CN1C(=C2SC(=Nc3cccc4ccccc34)N(C3CCCCC3)C2=O)Sc2ccccc21. The van der Waals surface area contributed by atoms with Crippen molar-refractivity contribution in [1.29, 1.82) is 0 Å². The van der Waals surface area contributed by atoms with Crippen LogP contribution in [0.25, 0.3) is 10.8 Å². The monoisotopic (exact) mass is 471 g/mol. The molecule has 0 atom stereocenters. The predicted molar refractivity (Wildman–Crippen MR) is 140 cm³/mol. The van der Waals surface area contributed by atoms with E-state index in [4.69, 9.17) is 4.99 Å². The largest absolute Gasteiger partial charge is 0.337 e. The van der Waals surface area contributed by atoms with E-state index in [0.29, 0.717) is 0 Å². The maximum Gasteiger partial charge on any atom is 0.269 e. The maximum atomic E-state index is 13.9. The van der Waals surface area contributed by atoms with Gasteiger partial charge < -0.3 is 4.90 Å². The molecule has 1 amide bonds. The van der Waals surface area contributed by atoms with Crippen molar-refractivity contribution in [3.8, 4) is 0 Å². The summed E-state index contributed by atoms with van der Waals surface area (Å²) in [6.07, 6.45) is 5.70. The lowest BCUT2D eigenvalue weighted by molar-refractivity contribution is -0.124. The number of nitrogens with zero attached hydrogens (tertiary/aromatic N) is 3. The predicted octanol–water partition coefficient (Wildman–Crippen LogP) is 7.15. The van der Waals surface area contributed by atoms with Gasteiger partial charge in [-0.1, -0.05) is 79.6 Å². The summed E-state index contributed by atoms with van der Waals surface area (Å²) < 4.78 is 0. The van der Waals surface area contributed by atoms with Gasteiger partial charge in [-0.2, -0.15) is 0 Å². The first-order valence-electron chi connectivity index (χ1n) is 11.5. The summed E-state index contributed by atoms with van der Waals surface area (Å²) in [5.41, 5.74) is 2.08. The molecular formula is C27H25N3OS2. The van der Waals surface area contributed by atoms with Gasteiger partial charge in [0.15, 0.2) is 5.17 Å². The summed E-state index contributed by atoms with van der Waals surface area (Å²) in [5, 5.41) is 4.11. The lowest BCUT2D eigenvalue weighted by Gasteiger charge is -2.30. The van der Waals surface area contributed by atoms with Crippen LogP contribution in [0, 0.1) is 0 Å². The number of rotatable bonds is 2. The van der Waals surface area contributed by atoms with Gasteiger partial charge in [-0.3, -0.25) is 9.69 Å². The van der Waals surface area contributed by atoms with Crippen molar-refractivity contribution in [3.63, 3.8) is 0 Å². The van der Waals surface area contributed by atoms with Crippen LogP contribution < -0.4 is 4.90 Å². The van der Waals surface area contributed by atoms with Crippen LogP contribution in [0.3, 0.4) is 0 Å². The summed E-state index contributed by atoms with van der Waals surface area (Å²) in [5.74, 6) is 0.105. The third-order valence-corrected chi connectivity index (χ3v) is 9.08. The van der Waals surface area contributed by atoms with E-state index in [-0.39, 0.29) is 11.9 Å². The summed E-state index contributed by atoms with van der Waals surface area (Å²) in [4.78, 5) is 25.1. The molecule has 3 aromatic rings. The van der Waals surface area contributed by atoms with E-state index in [2.05, 4.69) is 66.5 Å². The van der Waals surface area contributed by atoms with Crippen LogP contribution >= 0.6 is 23.5 Å². The third kappa shape index (κ3) is 3.65. The Morgan fingerprint density at radius 3 is 2.48 bits per heavy atom. The lowest BCUT2D eigenvalue weighted by atomic mass is 9.94. The summed E-state index contributed by atoms with van der Waals surface area (Å²) in [7, 11) is 2.06. The number of anilines is 1.